The van der Waals surface area contributed by atoms with Gasteiger partial charge in [0.05, 0.1) is 12.1 Å². The molecule has 7 heteroatoms. The van der Waals surface area contributed by atoms with Gasteiger partial charge in [-0.15, -0.1) is 12.4 Å². The zero-order chi connectivity index (χ0) is 15.6. The molecule has 0 amide bonds. The second-order valence-electron chi connectivity index (χ2n) is 5.85. The highest BCUT2D eigenvalue weighted by Gasteiger charge is 2.23. The first-order valence-corrected chi connectivity index (χ1v) is 6.85. The number of hydrogen-bond acceptors (Lipinski definition) is 5. The van der Waals surface area contributed by atoms with Crippen LogP contribution in [0, 0.1) is 5.82 Å². The number of aromatic nitrogens is 2. The van der Waals surface area contributed by atoms with Crippen molar-refractivity contribution in [1.82, 2.24) is 15.0 Å². The summed E-state index contributed by atoms with van der Waals surface area (Å²) in [5.74, 6) is 0.713. The average Bonchev–Trinajstić information content (AvgIpc) is 2.87. The fourth-order valence-corrected chi connectivity index (χ4v) is 1.98. The van der Waals surface area contributed by atoms with Crippen LogP contribution in [0.5, 0.6) is 0 Å². The molecule has 0 fully saturated rings. The third-order valence-electron chi connectivity index (χ3n) is 3.45. The van der Waals surface area contributed by atoms with Gasteiger partial charge in [-0.3, -0.25) is 4.90 Å². The third kappa shape index (κ3) is 4.25. The summed E-state index contributed by atoms with van der Waals surface area (Å²) in [5.41, 5.74) is 5.92. The Hall–Kier alpha value is -1.50. The minimum Gasteiger partial charge on any atom is -0.338 e. The van der Waals surface area contributed by atoms with E-state index >= 15 is 0 Å². The van der Waals surface area contributed by atoms with Gasteiger partial charge < -0.3 is 10.3 Å². The van der Waals surface area contributed by atoms with Crippen LogP contribution in [0.4, 0.5) is 4.39 Å². The molecular formula is C15H22ClFN4O. The highest BCUT2D eigenvalue weighted by molar-refractivity contribution is 5.85. The maximum atomic E-state index is 13.8. The Labute approximate surface area is 136 Å². The van der Waals surface area contributed by atoms with Crippen molar-refractivity contribution in [3.8, 4) is 0 Å². The summed E-state index contributed by atoms with van der Waals surface area (Å²) < 4.78 is 19.0. The number of halogens is 2. The molecule has 5 nitrogen and oxygen atoms in total. The zero-order valence-corrected chi connectivity index (χ0v) is 14.0. The van der Waals surface area contributed by atoms with Crippen molar-refractivity contribution in [2.45, 2.75) is 38.9 Å². The standard InChI is InChI=1S/C15H21FN4O.ClH/c1-10(11-7-5-6-8-12(11)16)20(4)9-13-18-14(19-21-13)15(2,3)17;/h5-8,10H,9,17H2,1-4H3;1H. The first-order chi connectivity index (χ1) is 9.79. The van der Waals surface area contributed by atoms with Crippen LogP contribution in [0.2, 0.25) is 0 Å². The van der Waals surface area contributed by atoms with Gasteiger partial charge in [0.1, 0.15) is 5.82 Å². The van der Waals surface area contributed by atoms with Crippen molar-refractivity contribution in [1.29, 1.82) is 0 Å². The first kappa shape index (κ1) is 18.5. The molecular weight excluding hydrogens is 307 g/mol. The number of nitrogens with two attached hydrogens (primary N) is 1. The van der Waals surface area contributed by atoms with E-state index in [0.717, 1.165) is 0 Å². The van der Waals surface area contributed by atoms with Crippen molar-refractivity contribution >= 4 is 12.4 Å². The molecule has 2 N–H and O–H groups in total. The Balaban J connectivity index is 0.00000242. The Bertz CT molecular complexity index is 612. The van der Waals surface area contributed by atoms with E-state index in [9.17, 15) is 4.39 Å². The van der Waals surface area contributed by atoms with Crippen LogP contribution in [0.1, 0.15) is 44.1 Å². The average molecular weight is 329 g/mol. The SMILES string of the molecule is CC(c1ccccc1F)N(C)Cc1nc(C(C)(C)N)no1.Cl. The Morgan fingerprint density at radius 1 is 1.36 bits per heavy atom. The number of benzene rings is 1. The molecule has 1 aromatic carbocycles. The summed E-state index contributed by atoms with van der Waals surface area (Å²) in [6.07, 6.45) is 0. The minimum atomic E-state index is -0.641. The molecule has 0 saturated heterocycles. The largest absolute Gasteiger partial charge is 0.338 e. The molecule has 2 rings (SSSR count). The van der Waals surface area contributed by atoms with E-state index in [1.807, 2.05) is 38.8 Å². The summed E-state index contributed by atoms with van der Waals surface area (Å²) in [6.45, 7) is 5.99. The molecule has 0 aliphatic rings. The van der Waals surface area contributed by atoms with E-state index in [2.05, 4.69) is 10.1 Å². The van der Waals surface area contributed by atoms with E-state index in [1.54, 1.807) is 12.1 Å². The first-order valence-electron chi connectivity index (χ1n) is 6.85. The molecule has 22 heavy (non-hydrogen) atoms. The maximum Gasteiger partial charge on any atom is 0.240 e. The Morgan fingerprint density at radius 2 is 2.00 bits per heavy atom. The summed E-state index contributed by atoms with van der Waals surface area (Å²) in [5, 5.41) is 3.88. The summed E-state index contributed by atoms with van der Waals surface area (Å²) in [7, 11) is 1.88. The molecule has 0 radical (unpaired) electrons. The lowest BCUT2D eigenvalue weighted by Gasteiger charge is -2.23. The van der Waals surface area contributed by atoms with Crippen molar-refractivity contribution in [2.75, 3.05) is 7.05 Å². The van der Waals surface area contributed by atoms with E-state index < -0.39 is 5.54 Å². The van der Waals surface area contributed by atoms with Crippen LogP contribution in [0.15, 0.2) is 28.8 Å². The molecule has 0 bridgehead atoms. The van der Waals surface area contributed by atoms with Gasteiger partial charge in [0.15, 0.2) is 5.82 Å². The lowest BCUT2D eigenvalue weighted by atomic mass is 10.1. The normalized spacial score (nSPS) is 13.0. The van der Waals surface area contributed by atoms with Gasteiger partial charge in [-0.2, -0.15) is 4.98 Å². The number of nitrogens with zero attached hydrogens (tertiary/aromatic N) is 3. The summed E-state index contributed by atoms with van der Waals surface area (Å²) in [4.78, 5) is 6.23. The van der Waals surface area contributed by atoms with Gasteiger partial charge in [-0.1, -0.05) is 23.4 Å². The zero-order valence-electron chi connectivity index (χ0n) is 13.2. The third-order valence-corrected chi connectivity index (χ3v) is 3.45. The van der Waals surface area contributed by atoms with Crippen LogP contribution in [-0.4, -0.2) is 22.1 Å². The van der Waals surface area contributed by atoms with Crippen molar-refractivity contribution < 1.29 is 8.91 Å². The van der Waals surface area contributed by atoms with E-state index in [1.165, 1.54) is 6.07 Å². The molecule has 2 aromatic rings. The molecule has 1 atom stereocenters. The monoisotopic (exact) mass is 328 g/mol. The summed E-state index contributed by atoms with van der Waals surface area (Å²) in [6, 6.07) is 6.64. The molecule has 1 heterocycles. The van der Waals surface area contributed by atoms with E-state index in [-0.39, 0.29) is 24.3 Å². The molecule has 1 unspecified atom stereocenters. The molecule has 0 saturated carbocycles. The van der Waals surface area contributed by atoms with Gasteiger partial charge in [0.2, 0.25) is 5.89 Å². The fraction of sp³-hybridized carbons (Fsp3) is 0.467. The van der Waals surface area contributed by atoms with Gasteiger partial charge in [-0.05, 0) is 33.9 Å². The summed E-state index contributed by atoms with van der Waals surface area (Å²) >= 11 is 0. The minimum absolute atomic E-state index is 0. The van der Waals surface area contributed by atoms with Crippen molar-refractivity contribution in [3.05, 3.63) is 47.4 Å². The maximum absolute atomic E-state index is 13.8. The number of hydrogen-bond donors (Lipinski definition) is 1. The van der Waals surface area contributed by atoms with Crippen LogP contribution >= 0.6 is 12.4 Å². The van der Waals surface area contributed by atoms with E-state index in [4.69, 9.17) is 10.3 Å². The lowest BCUT2D eigenvalue weighted by molar-refractivity contribution is 0.212. The molecule has 0 aliphatic heterocycles. The molecule has 0 aliphatic carbocycles. The highest BCUT2D eigenvalue weighted by atomic mass is 35.5. The number of rotatable bonds is 5. The second-order valence-corrected chi connectivity index (χ2v) is 5.85. The predicted octanol–water partition coefficient (Wildman–Crippen LogP) is 3.02. The Kier molecular flexibility index (Phi) is 6.05. The lowest BCUT2D eigenvalue weighted by Crippen LogP contribution is -2.30. The fourth-order valence-electron chi connectivity index (χ4n) is 1.98. The van der Waals surface area contributed by atoms with Gasteiger partial charge in [0, 0.05) is 11.6 Å². The van der Waals surface area contributed by atoms with Gasteiger partial charge in [0.25, 0.3) is 0 Å². The second kappa shape index (κ2) is 7.17. The van der Waals surface area contributed by atoms with Crippen molar-refractivity contribution in [3.63, 3.8) is 0 Å². The highest BCUT2D eigenvalue weighted by Crippen LogP contribution is 2.23. The molecule has 0 spiro atoms. The van der Waals surface area contributed by atoms with Crippen LogP contribution in [0.3, 0.4) is 0 Å². The smallest absolute Gasteiger partial charge is 0.240 e. The topological polar surface area (TPSA) is 68.2 Å². The molecule has 1 aromatic heterocycles. The van der Waals surface area contributed by atoms with Crippen molar-refractivity contribution in [2.24, 2.45) is 5.73 Å². The Morgan fingerprint density at radius 3 is 2.55 bits per heavy atom. The van der Waals surface area contributed by atoms with Crippen LogP contribution in [-0.2, 0) is 12.1 Å². The van der Waals surface area contributed by atoms with Crippen LogP contribution in [0.25, 0.3) is 0 Å². The van der Waals surface area contributed by atoms with E-state index in [0.29, 0.717) is 23.8 Å². The van der Waals surface area contributed by atoms with Crippen LogP contribution < -0.4 is 5.73 Å². The predicted molar refractivity (Wildman–Crippen MR) is 85.0 cm³/mol. The van der Waals surface area contributed by atoms with Gasteiger partial charge in [-0.25, -0.2) is 4.39 Å². The molecule has 122 valence electrons. The quantitative estimate of drug-likeness (QED) is 0.913. The van der Waals surface area contributed by atoms with Gasteiger partial charge >= 0.3 is 0 Å².